The van der Waals surface area contributed by atoms with Crippen LogP contribution in [0.3, 0.4) is 0 Å². The van der Waals surface area contributed by atoms with Crippen molar-refractivity contribution in [3.63, 3.8) is 0 Å². The largest absolute Gasteiger partial charge is 0.497 e. The lowest BCUT2D eigenvalue weighted by molar-refractivity contribution is 0.414. The lowest BCUT2D eigenvalue weighted by Crippen LogP contribution is -2.31. The molecule has 2 N–H and O–H groups in total. The van der Waals surface area contributed by atoms with Crippen molar-refractivity contribution in [1.29, 1.82) is 0 Å². The highest BCUT2D eigenvalue weighted by Crippen LogP contribution is 2.26. The molecule has 8 heteroatoms. The molecule has 19 heavy (non-hydrogen) atoms. The second kappa shape index (κ2) is 8.76. The molecule has 0 amide bonds. The summed E-state index contributed by atoms with van der Waals surface area (Å²) in [6.07, 6.45) is 0. The maximum absolute atomic E-state index is 12.0. The minimum Gasteiger partial charge on any atom is -0.497 e. The van der Waals surface area contributed by atoms with Crippen LogP contribution in [0.1, 0.15) is 6.92 Å². The van der Waals surface area contributed by atoms with Gasteiger partial charge in [-0.2, -0.15) is 0 Å². The first-order chi connectivity index (χ1) is 8.51. The number of benzene rings is 1. The Morgan fingerprint density at radius 2 is 2.00 bits per heavy atom. The lowest BCUT2D eigenvalue weighted by atomic mass is 10.3. The molecule has 5 nitrogen and oxygen atoms in total. The van der Waals surface area contributed by atoms with Crippen LogP contribution in [0.4, 0.5) is 0 Å². The standard InChI is InChI=1S/C11H17BrN2O3S.ClH/c1-3-13-6-7-14-18(15,16)11-5-4-9(17-2)8-10(11)12;/h4-5,8,13-14H,3,6-7H2,1-2H3;1H. The van der Waals surface area contributed by atoms with Gasteiger partial charge >= 0.3 is 0 Å². The fourth-order valence-corrected chi connectivity index (χ4v) is 3.44. The van der Waals surface area contributed by atoms with Crippen molar-refractivity contribution in [1.82, 2.24) is 10.0 Å². The Morgan fingerprint density at radius 3 is 2.53 bits per heavy atom. The molecule has 0 aliphatic rings. The summed E-state index contributed by atoms with van der Waals surface area (Å²) in [4.78, 5) is 0.208. The quantitative estimate of drug-likeness (QED) is 0.715. The maximum Gasteiger partial charge on any atom is 0.241 e. The topological polar surface area (TPSA) is 67.4 Å². The highest BCUT2D eigenvalue weighted by Gasteiger charge is 2.17. The van der Waals surface area contributed by atoms with E-state index in [2.05, 4.69) is 26.0 Å². The molecule has 1 aromatic carbocycles. The second-order valence-electron chi connectivity index (χ2n) is 3.55. The molecule has 0 aromatic heterocycles. The minimum absolute atomic E-state index is 0. The minimum atomic E-state index is -3.49. The van der Waals surface area contributed by atoms with E-state index in [1.807, 2.05) is 6.92 Å². The van der Waals surface area contributed by atoms with E-state index in [0.717, 1.165) is 6.54 Å². The summed E-state index contributed by atoms with van der Waals surface area (Å²) >= 11 is 3.23. The van der Waals surface area contributed by atoms with Crippen LogP contribution < -0.4 is 14.8 Å². The third-order valence-corrected chi connectivity index (χ3v) is 4.71. The van der Waals surface area contributed by atoms with Gasteiger partial charge in [-0.25, -0.2) is 13.1 Å². The molecule has 110 valence electrons. The fraction of sp³-hybridized carbons (Fsp3) is 0.455. The molecule has 0 aliphatic heterocycles. The molecule has 0 radical (unpaired) electrons. The van der Waals surface area contributed by atoms with E-state index in [4.69, 9.17) is 4.74 Å². The number of methoxy groups -OCH3 is 1. The fourth-order valence-electron chi connectivity index (χ4n) is 1.35. The molecule has 0 spiro atoms. The number of rotatable bonds is 7. The van der Waals surface area contributed by atoms with Crippen molar-refractivity contribution < 1.29 is 13.2 Å². The maximum atomic E-state index is 12.0. The van der Waals surface area contributed by atoms with Crippen molar-refractivity contribution >= 4 is 38.4 Å². The molecule has 0 saturated heterocycles. The Morgan fingerprint density at radius 1 is 1.32 bits per heavy atom. The van der Waals surface area contributed by atoms with Gasteiger partial charge in [-0.3, -0.25) is 0 Å². The van der Waals surface area contributed by atoms with Crippen LogP contribution in [-0.4, -0.2) is 35.2 Å². The molecule has 0 bridgehead atoms. The molecule has 0 aliphatic carbocycles. The zero-order chi connectivity index (χ0) is 13.6. The van der Waals surface area contributed by atoms with E-state index in [9.17, 15) is 8.42 Å². The van der Waals surface area contributed by atoms with Crippen LogP contribution in [0.2, 0.25) is 0 Å². The Hall–Kier alpha value is -0.340. The number of hydrogen-bond acceptors (Lipinski definition) is 4. The van der Waals surface area contributed by atoms with Gasteiger partial charge in [-0.05, 0) is 40.7 Å². The van der Waals surface area contributed by atoms with Crippen LogP contribution in [0.25, 0.3) is 0 Å². The molecule has 1 rings (SSSR count). The van der Waals surface area contributed by atoms with Crippen LogP contribution in [-0.2, 0) is 10.0 Å². The Kier molecular flexibility index (Phi) is 8.60. The van der Waals surface area contributed by atoms with Crippen molar-refractivity contribution in [2.45, 2.75) is 11.8 Å². The molecule has 0 unspecified atom stereocenters. The monoisotopic (exact) mass is 372 g/mol. The van der Waals surface area contributed by atoms with Gasteiger partial charge in [0.15, 0.2) is 0 Å². The number of ether oxygens (including phenoxy) is 1. The molecular weight excluding hydrogens is 356 g/mol. The van der Waals surface area contributed by atoms with Crippen molar-refractivity contribution in [3.05, 3.63) is 22.7 Å². The van der Waals surface area contributed by atoms with E-state index in [1.54, 1.807) is 12.1 Å². The van der Waals surface area contributed by atoms with Gasteiger partial charge in [0.05, 0.1) is 12.0 Å². The molecular formula is C11H18BrClN2O3S. The molecule has 0 saturated carbocycles. The summed E-state index contributed by atoms with van der Waals surface area (Å²) in [5, 5.41) is 3.05. The average Bonchev–Trinajstić information content (AvgIpc) is 2.34. The molecule has 0 heterocycles. The van der Waals surface area contributed by atoms with Crippen molar-refractivity contribution in [2.75, 3.05) is 26.7 Å². The van der Waals surface area contributed by atoms with Crippen LogP contribution >= 0.6 is 28.3 Å². The highest BCUT2D eigenvalue weighted by atomic mass is 79.9. The number of sulfonamides is 1. The Labute approximate surface area is 128 Å². The van der Waals surface area contributed by atoms with Gasteiger partial charge in [0.25, 0.3) is 0 Å². The number of hydrogen-bond donors (Lipinski definition) is 2. The van der Waals surface area contributed by atoms with Gasteiger partial charge in [0, 0.05) is 17.6 Å². The van der Waals surface area contributed by atoms with Gasteiger partial charge < -0.3 is 10.1 Å². The van der Waals surface area contributed by atoms with Crippen LogP contribution in [0.15, 0.2) is 27.6 Å². The zero-order valence-corrected chi connectivity index (χ0v) is 14.0. The molecule has 1 aromatic rings. The second-order valence-corrected chi connectivity index (χ2v) is 6.14. The summed E-state index contributed by atoms with van der Waals surface area (Å²) in [5.41, 5.74) is 0. The van der Waals surface area contributed by atoms with E-state index >= 15 is 0 Å². The first-order valence-electron chi connectivity index (χ1n) is 5.55. The predicted molar refractivity (Wildman–Crippen MR) is 81.7 cm³/mol. The molecule has 0 atom stereocenters. The summed E-state index contributed by atoms with van der Waals surface area (Å²) in [6.45, 7) is 3.74. The average molecular weight is 374 g/mol. The van der Waals surface area contributed by atoms with Crippen LogP contribution in [0, 0.1) is 0 Å². The molecule has 0 fully saturated rings. The van der Waals surface area contributed by atoms with Crippen LogP contribution in [0.5, 0.6) is 5.75 Å². The van der Waals surface area contributed by atoms with Gasteiger partial charge in [-0.15, -0.1) is 12.4 Å². The van der Waals surface area contributed by atoms with Gasteiger partial charge in [0.1, 0.15) is 5.75 Å². The van der Waals surface area contributed by atoms with E-state index < -0.39 is 10.0 Å². The number of nitrogens with one attached hydrogen (secondary N) is 2. The van der Waals surface area contributed by atoms with E-state index in [1.165, 1.54) is 13.2 Å². The van der Waals surface area contributed by atoms with Crippen molar-refractivity contribution in [3.8, 4) is 5.75 Å². The van der Waals surface area contributed by atoms with Gasteiger partial charge in [0.2, 0.25) is 10.0 Å². The summed E-state index contributed by atoms with van der Waals surface area (Å²) in [6, 6.07) is 4.75. The summed E-state index contributed by atoms with van der Waals surface area (Å²) in [5.74, 6) is 0.605. The SMILES string of the molecule is CCNCCNS(=O)(=O)c1ccc(OC)cc1Br.Cl. The Bertz CT molecular complexity index is 497. The first kappa shape index (κ1) is 18.7. The normalized spacial score (nSPS) is 10.9. The number of likely N-dealkylation sites (N-methyl/N-ethyl adjacent to an activating group) is 1. The number of halogens is 2. The smallest absolute Gasteiger partial charge is 0.241 e. The Balaban J connectivity index is 0.00000324. The van der Waals surface area contributed by atoms with Crippen molar-refractivity contribution in [2.24, 2.45) is 0 Å². The summed E-state index contributed by atoms with van der Waals surface area (Å²) in [7, 11) is -1.96. The van der Waals surface area contributed by atoms with E-state index in [-0.39, 0.29) is 17.3 Å². The third kappa shape index (κ3) is 5.66. The lowest BCUT2D eigenvalue weighted by Gasteiger charge is -2.09. The third-order valence-electron chi connectivity index (χ3n) is 2.27. The first-order valence-corrected chi connectivity index (χ1v) is 7.82. The van der Waals surface area contributed by atoms with E-state index in [0.29, 0.717) is 23.3 Å². The summed E-state index contributed by atoms with van der Waals surface area (Å²) < 4.78 is 32.0. The highest BCUT2D eigenvalue weighted by molar-refractivity contribution is 9.10. The zero-order valence-electron chi connectivity index (χ0n) is 10.8. The predicted octanol–water partition coefficient (Wildman–Crippen LogP) is 1.77. The van der Waals surface area contributed by atoms with Gasteiger partial charge in [-0.1, -0.05) is 6.92 Å².